The molecule has 0 aromatic carbocycles. The summed E-state index contributed by atoms with van der Waals surface area (Å²) in [5, 5.41) is 0.852. The predicted octanol–water partition coefficient (Wildman–Crippen LogP) is 4.30. The first-order valence-corrected chi connectivity index (χ1v) is 8.02. The van der Waals surface area contributed by atoms with Crippen LogP contribution in [0.2, 0.25) is 0 Å². The van der Waals surface area contributed by atoms with Gasteiger partial charge in [-0.05, 0) is 32.1 Å². The number of unbranched alkanes of at least 4 members (excludes halogenated alkanes) is 3. The largest absolute Gasteiger partial charge is 0.341 e. The molecule has 3 heteroatoms. The van der Waals surface area contributed by atoms with Crippen molar-refractivity contribution in [2.24, 2.45) is 0 Å². The van der Waals surface area contributed by atoms with Gasteiger partial charge in [0, 0.05) is 11.5 Å². The summed E-state index contributed by atoms with van der Waals surface area (Å²) in [4.78, 5) is 9.93. The molecule has 0 aromatic heterocycles. The van der Waals surface area contributed by atoms with E-state index in [0.717, 1.165) is 37.4 Å². The SMILES string of the molecule is CCCCCCP(=O)(O)C1=CCCCC1. The van der Waals surface area contributed by atoms with Crippen molar-refractivity contribution in [3.63, 3.8) is 0 Å². The molecule has 15 heavy (non-hydrogen) atoms. The van der Waals surface area contributed by atoms with Crippen LogP contribution in [0.1, 0.15) is 58.3 Å². The van der Waals surface area contributed by atoms with Gasteiger partial charge in [-0.2, -0.15) is 0 Å². The van der Waals surface area contributed by atoms with E-state index in [4.69, 9.17) is 0 Å². The van der Waals surface area contributed by atoms with E-state index in [1.54, 1.807) is 0 Å². The Bertz CT molecular complexity index is 258. The molecule has 1 N–H and O–H groups in total. The molecule has 0 radical (unpaired) electrons. The summed E-state index contributed by atoms with van der Waals surface area (Å²) in [6, 6.07) is 0. The maximum absolute atomic E-state index is 12.0. The molecule has 0 bridgehead atoms. The van der Waals surface area contributed by atoms with Gasteiger partial charge in [-0.1, -0.05) is 32.3 Å². The highest BCUT2D eigenvalue weighted by Crippen LogP contribution is 2.53. The maximum atomic E-state index is 12.0. The molecule has 0 saturated heterocycles. The Hall–Kier alpha value is -0.0700. The van der Waals surface area contributed by atoms with Crippen molar-refractivity contribution in [3.8, 4) is 0 Å². The van der Waals surface area contributed by atoms with Crippen LogP contribution < -0.4 is 0 Å². The van der Waals surface area contributed by atoms with E-state index in [1.165, 1.54) is 19.3 Å². The fourth-order valence-electron chi connectivity index (χ4n) is 2.04. The van der Waals surface area contributed by atoms with Crippen molar-refractivity contribution in [3.05, 3.63) is 11.4 Å². The molecule has 0 aromatic rings. The van der Waals surface area contributed by atoms with Crippen LogP contribution in [0.25, 0.3) is 0 Å². The molecule has 0 spiro atoms. The molecule has 0 fully saturated rings. The smallest absolute Gasteiger partial charge is 0.225 e. The van der Waals surface area contributed by atoms with E-state index in [-0.39, 0.29) is 0 Å². The number of hydrogen-bond donors (Lipinski definition) is 1. The van der Waals surface area contributed by atoms with Crippen molar-refractivity contribution < 1.29 is 9.46 Å². The molecule has 1 unspecified atom stereocenters. The maximum Gasteiger partial charge on any atom is 0.225 e. The van der Waals surface area contributed by atoms with E-state index in [9.17, 15) is 9.46 Å². The van der Waals surface area contributed by atoms with E-state index in [2.05, 4.69) is 6.92 Å². The average molecular weight is 230 g/mol. The monoisotopic (exact) mass is 230 g/mol. The highest BCUT2D eigenvalue weighted by atomic mass is 31.2. The molecule has 0 heterocycles. The van der Waals surface area contributed by atoms with Crippen LogP contribution >= 0.6 is 7.37 Å². The molecule has 88 valence electrons. The number of rotatable bonds is 6. The first-order chi connectivity index (χ1) is 7.17. The van der Waals surface area contributed by atoms with Gasteiger partial charge in [0.15, 0.2) is 0 Å². The highest BCUT2D eigenvalue weighted by Gasteiger charge is 2.24. The summed E-state index contributed by atoms with van der Waals surface area (Å²) in [7, 11) is -2.95. The molecule has 1 aliphatic rings. The first-order valence-electron chi connectivity index (χ1n) is 6.18. The summed E-state index contributed by atoms with van der Waals surface area (Å²) in [6.07, 6.45) is 11.0. The zero-order chi connectivity index (χ0) is 11.1. The van der Waals surface area contributed by atoms with Crippen LogP contribution in [0.5, 0.6) is 0 Å². The van der Waals surface area contributed by atoms with Gasteiger partial charge < -0.3 is 4.89 Å². The third-order valence-corrected chi connectivity index (χ3v) is 5.26. The lowest BCUT2D eigenvalue weighted by Gasteiger charge is -2.18. The van der Waals surface area contributed by atoms with Gasteiger partial charge in [-0.25, -0.2) is 0 Å². The normalized spacial score (nSPS) is 20.8. The summed E-state index contributed by atoms with van der Waals surface area (Å²) < 4.78 is 12.0. The van der Waals surface area contributed by atoms with Crippen LogP contribution in [0.3, 0.4) is 0 Å². The van der Waals surface area contributed by atoms with Crippen molar-refractivity contribution in [1.82, 2.24) is 0 Å². The molecule has 0 saturated carbocycles. The fourth-order valence-corrected chi connectivity index (χ4v) is 3.90. The van der Waals surface area contributed by atoms with Crippen LogP contribution in [0, 0.1) is 0 Å². The zero-order valence-electron chi connectivity index (χ0n) is 9.74. The number of hydrogen-bond acceptors (Lipinski definition) is 1. The molecule has 2 nitrogen and oxygen atoms in total. The highest BCUT2D eigenvalue weighted by molar-refractivity contribution is 7.62. The molecular formula is C12H23O2P. The lowest BCUT2D eigenvalue weighted by Crippen LogP contribution is -1.97. The van der Waals surface area contributed by atoms with Crippen LogP contribution in [0.15, 0.2) is 11.4 Å². The third kappa shape index (κ3) is 4.53. The second kappa shape index (κ2) is 6.50. The molecule has 0 aliphatic heterocycles. The third-order valence-electron chi connectivity index (χ3n) is 3.03. The Kier molecular flexibility index (Phi) is 5.63. The summed E-state index contributed by atoms with van der Waals surface area (Å²) in [5.41, 5.74) is 0. The van der Waals surface area contributed by atoms with Crippen molar-refractivity contribution in [2.75, 3.05) is 6.16 Å². The Labute approximate surface area is 93.2 Å². The Balaban J connectivity index is 2.36. The van der Waals surface area contributed by atoms with Crippen LogP contribution in [-0.2, 0) is 4.57 Å². The second-order valence-corrected chi connectivity index (χ2v) is 6.85. The lowest BCUT2D eigenvalue weighted by molar-refractivity contribution is 0.477. The predicted molar refractivity (Wildman–Crippen MR) is 65.4 cm³/mol. The molecule has 0 amide bonds. The lowest BCUT2D eigenvalue weighted by atomic mass is 10.1. The van der Waals surface area contributed by atoms with E-state index in [1.807, 2.05) is 6.08 Å². The van der Waals surface area contributed by atoms with Crippen molar-refractivity contribution in [2.45, 2.75) is 58.3 Å². The molecule has 1 rings (SSSR count). The minimum Gasteiger partial charge on any atom is -0.341 e. The van der Waals surface area contributed by atoms with Crippen LogP contribution in [0.4, 0.5) is 0 Å². The van der Waals surface area contributed by atoms with Gasteiger partial charge in [0.05, 0.1) is 0 Å². The molecule has 1 atom stereocenters. The summed E-state index contributed by atoms with van der Waals surface area (Å²) >= 11 is 0. The molecular weight excluding hydrogens is 207 g/mol. The first kappa shape index (κ1) is 13.0. The van der Waals surface area contributed by atoms with Gasteiger partial charge in [0.2, 0.25) is 7.37 Å². The van der Waals surface area contributed by atoms with Gasteiger partial charge in [-0.3, -0.25) is 4.57 Å². The Morgan fingerprint density at radius 2 is 2.13 bits per heavy atom. The molecule has 1 aliphatic carbocycles. The minimum absolute atomic E-state index is 0.499. The van der Waals surface area contributed by atoms with Gasteiger partial charge in [0.1, 0.15) is 0 Å². The van der Waals surface area contributed by atoms with Crippen molar-refractivity contribution >= 4 is 7.37 Å². The Morgan fingerprint density at radius 1 is 1.33 bits per heavy atom. The average Bonchev–Trinajstić information content (AvgIpc) is 2.26. The number of allylic oxidation sites excluding steroid dienone is 2. The van der Waals surface area contributed by atoms with Gasteiger partial charge in [0.25, 0.3) is 0 Å². The Morgan fingerprint density at radius 3 is 2.73 bits per heavy atom. The minimum atomic E-state index is -2.95. The van der Waals surface area contributed by atoms with Crippen LogP contribution in [-0.4, -0.2) is 11.1 Å². The zero-order valence-corrected chi connectivity index (χ0v) is 10.6. The van der Waals surface area contributed by atoms with Gasteiger partial charge in [-0.15, -0.1) is 0 Å². The standard InChI is InChI=1S/C12H23O2P/c1-2-3-4-8-11-15(13,14)12-9-6-5-7-10-12/h9H,2-8,10-11H2,1H3,(H,13,14). The fraction of sp³-hybridized carbons (Fsp3) is 0.833. The quantitative estimate of drug-likeness (QED) is 0.545. The summed E-state index contributed by atoms with van der Waals surface area (Å²) in [6.45, 7) is 2.15. The van der Waals surface area contributed by atoms with Crippen molar-refractivity contribution in [1.29, 1.82) is 0 Å². The van der Waals surface area contributed by atoms with E-state index < -0.39 is 7.37 Å². The van der Waals surface area contributed by atoms with E-state index in [0.29, 0.717) is 6.16 Å². The topological polar surface area (TPSA) is 37.3 Å². The summed E-state index contributed by atoms with van der Waals surface area (Å²) in [5.74, 6) is 0. The second-order valence-electron chi connectivity index (χ2n) is 4.43. The van der Waals surface area contributed by atoms with Gasteiger partial charge >= 0.3 is 0 Å². The van der Waals surface area contributed by atoms with E-state index >= 15 is 0 Å².